The van der Waals surface area contributed by atoms with Gasteiger partial charge in [-0.1, -0.05) is 66.2 Å². The van der Waals surface area contributed by atoms with Crippen molar-refractivity contribution in [3.8, 4) is 0 Å². The third-order valence-corrected chi connectivity index (χ3v) is 4.77. The van der Waals surface area contributed by atoms with Crippen LogP contribution < -0.4 is 0 Å². The van der Waals surface area contributed by atoms with Gasteiger partial charge in [-0.05, 0) is 24.7 Å². The Bertz CT molecular complexity index is 158. The van der Waals surface area contributed by atoms with E-state index in [4.69, 9.17) is 7.58 Å². The van der Waals surface area contributed by atoms with Gasteiger partial charge in [0.25, 0.3) is 0 Å². The predicted molar refractivity (Wildman–Crippen MR) is 85.7 cm³/mol. The zero-order chi connectivity index (χ0) is 14.3. The van der Waals surface area contributed by atoms with E-state index in [1.54, 1.807) is 0 Å². The largest absolute Gasteiger partial charge is 0.649 e. The molecule has 2 atom stereocenters. The molecule has 19 heavy (non-hydrogen) atoms. The van der Waals surface area contributed by atoms with Crippen molar-refractivity contribution in [3.05, 3.63) is 0 Å². The normalized spacial score (nSPS) is 14.3. The molecule has 0 saturated heterocycles. The summed E-state index contributed by atoms with van der Waals surface area (Å²) in [5, 5.41) is 0. The van der Waals surface area contributed by atoms with E-state index < -0.39 is 15.9 Å². The van der Waals surface area contributed by atoms with Crippen molar-refractivity contribution in [2.75, 3.05) is 13.2 Å². The van der Waals surface area contributed by atoms with Gasteiger partial charge in [0.05, 0.1) is 0 Å². The van der Waals surface area contributed by atoms with Gasteiger partial charge >= 0.3 is 15.9 Å². The van der Waals surface area contributed by atoms with Crippen LogP contribution in [0.5, 0.6) is 0 Å². The van der Waals surface area contributed by atoms with Gasteiger partial charge in [-0.25, -0.2) is 0 Å². The molecule has 0 aliphatic heterocycles. The summed E-state index contributed by atoms with van der Waals surface area (Å²) < 4.78 is 11.6. The lowest BCUT2D eigenvalue weighted by Gasteiger charge is -2.17. The SMILES string of the molecule is CCCCC(CC)C[O][AlH][O]CC(CC)CCCC. The van der Waals surface area contributed by atoms with Crippen molar-refractivity contribution in [2.24, 2.45) is 11.8 Å². The maximum atomic E-state index is 5.80. The second-order valence-electron chi connectivity index (χ2n) is 5.69. The monoisotopic (exact) mass is 286 g/mol. The second kappa shape index (κ2) is 14.9. The van der Waals surface area contributed by atoms with Crippen LogP contribution in [0.2, 0.25) is 0 Å². The van der Waals surface area contributed by atoms with Crippen LogP contribution in [0.4, 0.5) is 0 Å². The van der Waals surface area contributed by atoms with Crippen LogP contribution in [0.3, 0.4) is 0 Å². The van der Waals surface area contributed by atoms with Crippen LogP contribution in [-0.4, -0.2) is 29.1 Å². The van der Waals surface area contributed by atoms with Crippen molar-refractivity contribution < 1.29 is 7.58 Å². The molecule has 0 aromatic heterocycles. The van der Waals surface area contributed by atoms with Crippen molar-refractivity contribution >= 4 is 15.9 Å². The smallest absolute Gasteiger partial charge is 0.481 e. The van der Waals surface area contributed by atoms with Gasteiger partial charge in [-0.2, -0.15) is 0 Å². The van der Waals surface area contributed by atoms with Crippen LogP contribution in [0.1, 0.15) is 79.1 Å². The lowest BCUT2D eigenvalue weighted by Crippen LogP contribution is -2.17. The highest BCUT2D eigenvalue weighted by molar-refractivity contribution is 6.17. The van der Waals surface area contributed by atoms with E-state index in [9.17, 15) is 0 Å². The Balaban J connectivity index is 3.50. The van der Waals surface area contributed by atoms with Crippen molar-refractivity contribution in [1.29, 1.82) is 0 Å². The average Bonchev–Trinajstić information content (AvgIpc) is 2.45. The number of unbranched alkanes of at least 4 members (excludes halogenated alkanes) is 2. The number of hydrogen-bond donors (Lipinski definition) is 0. The molecule has 0 spiro atoms. The van der Waals surface area contributed by atoms with E-state index >= 15 is 0 Å². The van der Waals surface area contributed by atoms with Gasteiger partial charge in [-0.15, -0.1) is 0 Å². The van der Waals surface area contributed by atoms with Crippen LogP contribution in [-0.2, 0) is 7.58 Å². The molecule has 0 aromatic carbocycles. The molecule has 0 heterocycles. The maximum Gasteiger partial charge on any atom is 0.649 e. The third-order valence-electron chi connectivity index (χ3n) is 3.96. The molecule has 2 unspecified atom stereocenters. The Morgan fingerprint density at radius 3 is 1.47 bits per heavy atom. The van der Waals surface area contributed by atoms with Gasteiger partial charge in [0.15, 0.2) is 0 Å². The second-order valence-corrected chi connectivity index (χ2v) is 6.74. The highest BCUT2D eigenvalue weighted by atomic mass is 27.2. The minimum absolute atomic E-state index is 0.739. The Kier molecular flexibility index (Phi) is 15.2. The molecular formula is C16H35AlO2. The Labute approximate surface area is 128 Å². The molecule has 2 nitrogen and oxygen atoms in total. The highest BCUT2D eigenvalue weighted by Gasteiger charge is 2.09. The van der Waals surface area contributed by atoms with Crippen molar-refractivity contribution in [3.63, 3.8) is 0 Å². The summed E-state index contributed by atoms with van der Waals surface area (Å²) in [4.78, 5) is 0. The fourth-order valence-electron chi connectivity index (χ4n) is 2.28. The van der Waals surface area contributed by atoms with Crippen LogP contribution in [0.25, 0.3) is 0 Å². The molecule has 0 N–H and O–H groups in total. The first-order chi connectivity index (χ1) is 9.28. The van der Waals surface area contributed by atoms with Gasteiger partial charge < -0.3 is 7.58 Å². The maximum absolute atomic E-state index is 5.80. The molecule has 3 heteroatoms. The molecule has 0 aliphatic rings. The molecule has 0 saturated carbocycles. The van der Waals surface area contributed by atoms with Gasteiger partial charge in [0.1, 0.15) is 0 Å². The molecule has 114 valence electrons. The fourth-order valence-corrected chi connectivity index (χ4v) is 3.26. The van der Waals surface area contributed by atoms with Crippen LogP contribution in [0.15, 0.2) is 0 Å². The summed E-state index contributed by atoms with van der Waals surface area (Å²) in [5.74, 6) is 1.50. The summed E-state index contributed by atoms with van der Waals surface area (Å²) in [6.07, 6.45) is 10.4. The molecule has 0 amide bonds. The first-order valence-corrected chi connectivity index (χ1v) is 9.59. The minimum Gasteiger partial charge on any atom is -0.481 e. The molecule has 0 rings (SSSR count). The van der Waals surface area contributed by atoms with Gasteiger partial charge in [-0.3, -0.25) is 0 Å². The molecule has 0 radical (unpaired) electrons. The van der Waals surface area contributed by atoms with E-state index in [0.717, 1.165) is 25.0 Å². The summed E-state index contributed by atoms with van der Waals surface area (Å²) in [5.41, 5.74) is 0. The Morgan fingerprint density at radius 2 is 1.16 bits per heavy atom. The standard InChI is InChI=1S/2C8H17O.Al.H/c2*1-3-5-6-8(4-2)7-9;;/h2*8H,3-7H2,1-2H3;;/q2*-1;+2;. The van der Waals surface area contributed by atoms with Crippen LogP contribution >= 0.6 is 0 Å². The van der Waals surface area contributed by atoms with E-state index in [1.165, 1.54) is 51.4 Å². The van der Waals surface area contributed by atoms with Gasteiger partial charge in [0, 0.05) is 13.2 Å². The minimum atomic E-state index is -0.739. The lowest BCUT2D eigenvalue weighted by molar-refractivity contribution is 0.160. The van der Waals surface area contributed by atoms with Crippen LogP contribution in [0, 0.1) is 11.8 Å². The fraction of sp³-hybridized carbons (Fsp3) is 1.00. The van der Waals surface area contributed by atoms with E-state index in [-0.39, 0.29) is 0 Å². The van der Waals surface area contributed by atoms with E-state index in [0.29, 0.717) is 0 Å². The molecule has 0 bridgehead atoms. The van der Waals surface area contributed by atoms with Crippen molar-refractivity contribution in [2.45, 2.75) is 79.1 Å². The highest BCUT2D eigenvalue weighted by Crippen LogP contribution is 2.14. The molecule has 0 fully saturated rings. The zero-order valence-corrected chi connectivity index (χ0v) is 15.2. The quantitative estimate of drug-likeness (QED) is 0.340. The number of rotatable bonds is 14. The molecule has 0 aliphatic carbocycles. The third kappa shape index (κ3) is 11.9. The summed E-state index contributed by atoms with van der Waals surface area (Å²) in [6.45, 7) is 10.9. The Hall–Kier alpha value is 0.452. The molecular weight excluding hydrogens is 251 g/mol. The van der Waals surface area contributed by atoms with Crippen molar-refractivity contribution in [1.82, 2.24) is 0 Å². The first-order valence-electron chi connectivity index (χ1n) is 8.43. The Morgan fingerprint density at radius 1 is 0.737 bits per heavy atom. The number of hydrogen-bond acceptors (Lipinski definition) is 2. The summed E-state index contributed by atoms with van der Waals surface area (Å²) >= 11 is -0.739. The van der Waals surface area contributed by atoms with E-state index in [2.05, 4.69) is 27.7 Å². The molecule has 0 aromatic rings. The average molecular weight is 286 g/mol. The topological polar surface area (TPSA) is 18.5 Å². The van der Waals surface area contributed by atoms with E-state index in [1.807, 2.05) is 0 Å². The van der Waals surface area contributed by atoms with Gasteiger partial charge in [0.2, 0.25) is 0 Å². The zero-order valence-electron chi connectivity index (χ0n) is 13.7. The summed E-state index contributed by atoms with van der Waals surface area (Å²) in [6, 6.07) is 0. The lowest BCUT2D eigenvalue weighted by atomic mass is 10.0. The predicted octanol–water partition coefficient (Wildman–Crippen LogP) is 4.72. The summed E-state index contributed by atoms with van der Waals surface area (Å²) in [7, 11) is 0. The first kappa shape index (κ1) is 19.5.